The summed E-state index contributed by atoms with van der Waals surface area (Å²) in [5.41, 5.74) is 1.29. The molecule has 0 aliphatic carbocycles. The maximum Gasteiger partial charge on any atom is 0.180 e. The van der Waals surface area contributed by atoms with Crippen LogP contribution >= 0.6 is 8.58 Å². The fraction of sp³-hybridized carbons (Fsp3) is 0.188. The Labute approximate surface area is 115 Å². The molecule has 0 radical (unpaired) electrons. The van der Waals surface area contributed by atoms with Gasteiger partial charge < -0.3 is 4.74 Å². The van der Waals surface area contributed by atoms with Crippen LogP contribution in [0.2, 0.25) is 0 Å². The van der Waals surface area contributed by atoms with Crippen molar-refractivity contribution < 1.29 is 4.74 Å². The van der Waals surface area contributed by atoms with Gasteiger partial charge in [0.05, 0.1) is 0 Å². The van der Waals surface area contributed by atoms with Crippen molar-refractivity contribution in [3.05, 3.63) is 60.2 Å². The molecule has 3 rings (SSSR count). The lowest BCUT2D eigenvalue weighted by molar-refractivity contribution is 0.317. The topological polar surface area (TPSA) is 21.6 Å². The third-order valence-electron chi connectivity index (χ3n) is 3.16. The number of hydrogen-bond donors (Lipinski definition) is 0. The largest absolute Gasteiger partial charge is 0.479 e. The van der Waals surface area contributed by atoms with E-state index in [1.165, 1.54) is 16.2 Å². The minimum absolute atomic E-state index is 0.160. The molecule has 96 valence electrons. The van der Waals surface area contributed by atoms with Gasteiger partial charge in [0.15, 0.2) is 5.90 Å². The first-order valence-corrected chi connectivity index (χ1v) is 7.41. The van der Waals surface area contributed by atoms with Gasteiger partial charge in [0.2, 0.25) is 0 Å². The molecule has 1 aliphatic heterocycles. The van der Waals surface area contributed by atoms with E-state index in [-0.39, 0.29) is 6.04 Å². The maximum absolute atomic E-state index is 5.48. The zero-order chi connectivity index (χ0) is 13.1. The first kappa shape index (κ1) is 12.4. The average Bonchev–Trinajstić information content (AvgIpc) is 2.87. The molecule has 3 heteroatoms. The molecule has 2 aromatic rings. The molecule has 0 amide bonds. The third-order valence-corrected chi connectivity index (χ3v) is 4.51. The van der Waals surface area contributed by atoms with Crippen LogP contribution in [0.15, 0.2) is 59.6 Å². The van der Waals surface area contributed by atoms with E-state index in [0.29, 0.717) is 15.2 Å². The molecule has 2 atom stereocenters. The van der Waals surface area contributed by atoms with Gasteiger partial charge in [-0.05, 0) is 16.2 Å². The molecule has 2 aromatic carbocycles. The summed E-state index contributed by atoms with van der Waals surface area (Å²) in [5, 5.41) is 2.72. The maximum atomic E-state index is 5.48. The summed E-state index contributed by atoms with van der Waals surface area (Å²) in [6, 6.07) is 19.3. The average molecular weight is 269 g/mol. The van der Waals surface area contributed by atoms with Gasteiger partial charge in [-0.1, -0.05) is 63.2 Å². The smallest absolute Gasteiger partial charge is 0.180 e. The molecule has 0 fully saturated rings. The zero-order valence-corrected chi connectivity index (χ0v) is 11.8. The summed E-state index contributed by atoms with van der Waals surface area (Å²) in [4.78, 5) is 4.56. The van der Waals surface area contributed by atoms with Crippen molar-refractivity contribution in [2.75, 3.05) is 6.61 Å². The van der Waals surface area contributed by atoms with Gasteiger partial charge in [-0.2, -0.15) is 0 Å². The Balaban J connectivity index is 1.90. The van der Waals surface area contributed by atoms with Crippen molar-refractivity contribution >= 4 is 25.1 Å². The predicted molar refractivity (Wildman–Crippen MR) is 82.3 cm³/mol. The number of nitrogens with zero attached hydrogens (tertiary/aromatic N) is 1. The zero-order valence-electron chi connectivity index (χ0n) is 10.8. The lowest BCUT2D eigenvalue weighted by atomic mass is 10.1. The molecule has 1 unspecified atom stereocenters. The van der Waals surface area contributed by atoms with E-state index >= 15 is 0 Å². The molecule has 1 aliphatic rings. The van der Waals surface area contributed by atoms with Crippen LogP contribution in [-0.4, -0.2) is 12.5 Å². The van der Waals surface area contributed by atoms with Gasteiger partial charge in [-0.15, -0.1) is 0 Å². The van der Waals surface area contributed by atoms with E-state index in [9.17, 15) is 0 Å². The lowest BCUT2D eigenvalue weighted by Gasteiger charge is -2.12. The number of hydrogen-bond acceptors (Lipinski definition) is 2. The summed E-state index contributed by atoms with van der Waals surface area (Å²) in [7, 11) is 0.670. The van der Waals surface area contributed by atoms with Crippen LogP contribution in [0.5, 0.6) is 0 Å². The van der Waals surface area contributed by atoms with E-state index in [2.05, 4.69) is 59.6 Å². The molecule has 0 saturated carbocycles. The van der Waals surface area contributed by atoms with Crippen molar-refractivity contribution in [3.63, 3.8) is 0 Å². The van der Waals surface area contributed by atoms with E-state index < -0.39 is 0 Å². The van der Waals surface area contributed by atoms with E-state index in [4.69, 9.17) is 4.74 Å². The summed E-state index contributed by atoms with van der Waals surface area (Å²) < 4.78 is 5.48. The summed E-state index contributed by atoms with van der Waals surface area (Å²) in [5.74, 6) is 0.794. The highest BCUT2D eigenvalue weighted by atomic mass is 31.1. The van der Waals surface area contributed by atoms with Gasteiger partial charge in [0.25, 0.3) is 0 Å². The highest BCUT2D eigenvalue weighted by molar-refractivity contribution is 7.55. The molecule has 0 saturated heterocycles. The van der Waals surface area contributed by atoms with Gasteiger partial charge in [-0.3, -0.25) is 0 Å². The quantitative estimate of drug-likeness (QED) is 0.785. The Kier molecular flexibility index (Phi) is 3.61. The van der Waals surface area contributed by atoms with Crippen LogP contribution < -0.4 is 10.6 Å². The van der Waals surface area contributed by atoms with E-state index in [0.717, 1.165) is 5.90 Å². The lowest BCUT2D eigenvalue weighted by Crippen LogP contribution is -2.12. The van der Waals surface area contributed by atoms with Crippen molar-refractivity contribution in [3.8, 4) is 0 Å². The van der Waals surface area contributed by atoms with Crippen LogP contribution in [0.4, 0.5) is 0 Å². The van der Waals surface area contributed by atoms with E-state index in [1.807, 2.05) is 6.92 Å². The Bertz CT molecular complexity index is 595. The highest BCUT2D eigenvalue weighted by Crippen LogP contribution is 2.25. The monoisotopic (exact) mass is 269 g/mol. The number of aliphatic imine (C=N–C) groups is 1. The Morgan fingerprint density at radius 3 is 2.53 bits per heavy atom. The second kappa shape index (κ2) is 5.54. The van der Waals surface area contributed by atoms with Crippen molar-refractivity contribution in [1.82, 2.24) is 0 Å². The van der Waals surface area contributed by atoms with Gasteiger partial charge in [0, 0.05) is 6.92 Å². The molecule has 0 spiro atoms. The standard InChI is InChI=1S/C16H16NOP/c1-12-17-15(11-18-12)14-9-5-6-10-16(14)19-13-7-3-2-4-8-13/h2-10,15,19H,11H2,1H3/t15-/m1/s1. The molecular formula is C16H16NOP. The first-order chi connectivity index (χ1) is 9.33. The Morgan fingerprint density at radius 2 is 1.79 bits per heavy atom. The molecule has 19 heavy (non-hydrogen) atoms. The van der Waals surface area contributed by atoms with Crippen LogP contribution in [0.1, 0.15) is 18.5 Å². The molecule has 1 heterocycles. The van der Waals surface area contributed by atoms with Gasteiger partial charge in [0.1, 0.15) is 12.6 Å². The van der Waals surface area contributed by atoms with E-state index in [1.54, 1.807) is 0 Å². The molecule has 2 nitrogen and oxygen atoms in total. The van der Waals surface area contributed by atoms with Crippen molar-refractivity contribution in [2.24, 2.45) is 4.99 Å². The van der Waals surface area contributed by atoms with Crippen LogP contribution in [0.25, 0.3) is 0 Å². The molecule has 0 aromatic heterocycles. The highest BCUT2D eigenvalue weighted by Gasteiger charge is 2.20. The second-order valence-corrected chi connectivity index (χ2v) is 5.92. The van der Waals surface area contributed by atoms with Crippen LogP contribution in [-0.2, 0) is 4.74 Å². The number of benzene rings is 2. The van der Waals surface area contributed by atoms with Crippen LogP contribution in [0.3, 0.4) is 0 Å². The minimum Gasteiger partial charge on any atom is -0.479 e. The molecule has 0 N–H and O–H groups in total. The SMILES string of the molecule is CC1=N[C@@H](c2ccccc2Pc2ccccc2)CO1. The Hall–Kier alpha value is -1.66. The number of ether oxygens (including phenoxy) is 1. The fourth-order valence-electron chi connectivity index (χ4n) is 2.23. The Morgan fingerprint density at radius 1 is 1.05 bits per heavy atom. The molecular weight excluding hydrogens is 253 g/mol. The molecule has 0 bridgehead atoms. The summed E-state index contributed by atoms with van der Waals surface area (Å²) in [6.45, 7) is 2.59. The van der Waals surface area contributed by atoms with Crippen LogP contribution in [0, 0.1) is 0 Å². The summed E-state index contributed by atoms with van der Waals surface area (Å²) >= 11 is 0. The van der Waals surface area contributed by atoms with Gasteiger partial charge in [-0.25, -0.2) is 4.99 Å². The predicted octanol–water partition coefficient (Wildman–Crippen LogP) is 2.81. The fourth-order valence-corrected chi connectivity index (χ4v) is 3.48. The second-order valence-electron chi connectivity index (χ2n) is 4.55. The normalized spacial score (nSPS) is 18.6. The number of rotatable bonds is 3. The first-order valence-electron chi connectivity index (χ1n) is 6.41. The third kappa shape index (κ3) is 2.85. The summed E-state index contributed by atoms with van der Waals surface area (Å²) in [6.07, 6.45) is 0. The minimum atomic E-state index is 0.160. The van der Waals surface area contributed by atoms with Crippen molar-refractivity contribution in [1.29, 1.82) is 0 Å². The van der Waals surface area contributed by atoms with Gasteiger partial charge >= 0.3 is 0 Å². The van der Waals surface area contributed by atoms with Crippen molar-refractivity contribution in [2.45, 2.75) is 13.0 Å².